The molecule has 0 bridgehead atoms. The standard InChI is InChI=1S/C15H29NO/c1-11(2)14-6-4-5-7-15(14)16-12-8-9-13(10-12)17-3/h11-16H,4-10H2,1-3H3. The molecule has 0 spiro atoms. The lowest BCUT2D eigenvalue weighted by atomic mass is 9.77. The molecule has 2 aliphatic carbocycles. The molecule has 100 valence electrons. The third kappa shape index (κ3) is 3.45. The van der Waals surface area contributed by atoms with Crippen molar-refractivity contribution in [3.63, 3.8) is 0 Å². The minimum Gasteiger partial charge on any atom is -0.381 e. The molecule has 0 radical (unpaired) electrons. The SMILES string of the molecule is COC1CCC(NC2CCCCC2C(C)C)C1. The smallest absolute Gasteiger partial charge is 0.0586 e. The highest BCUT2D eigenvalue weighted by molar-refractivity contribution is 4.89. The van der Waals surface area contributed by atoms with Gasteiger partial charge in [0.05, 0.1) is 6.10 Å². The molecule has 1 N–H and O–H groups in total. The van der Waals surface area contributed by atoms with Gasteiger partial charge in [0.15, 0.2) is 0 Å². The number of ether oxygens (including phenoxy) is 1. The zero-order chi connectivity index (χ0) is 12.3. The van der Waals surface area contributed by atoms with E-state index in [1.54, 1.807) is 0 Å². The molecule has 4 unspecified atom stereocenters. The van der Waals surface area contributed by atoms with E-state index in [9.17, 15) is 0 Å². The molecular formula is C15H29NO. The van der Waals surface area contributed by atoms with Crippen molar-refractivity contribution >= 4 is 0 Å². The van der Waals surface area contributed by atoms with Crippen LogP contribution in [-0.4, -0.2) is 25.3 Å². The van der Waals surface area contributed by atoms with E-state index in [0.717, 1.165) is 17.9 Å². The minimum atomic E-state index is 0.508. The molecule has 2 rings (SSSR count). The fraction of sp³-hybridized carbons (Fsp3) is 1.00. The Kier molecular flexibility index (Phi) is 4.87. The summed E-state index contributed by atoms with van der Waals surface area (Å²) in [4.78, 5) is 0. The van der Waals surface area contributed by atoms with Crippen molar-refractivity contribution in [3.05, 3.63) is 0 Å². The predicted octanol–water partition coefficient (Wildman–Crippen LogP) is 3.36. The molecule has 0 amide bonds. The van der Waals surface area contributed by atoms with Crippen LogP contribution in [0.3, 0.4) is 0 Å². The topological polar surface area (TPSA) is 21.3 Å². The van der Waals surface area contributed by atoms with Crippen molar-refractivity contribution in [1.29, 1.82) is 0 Å². The Morgan fingerprint density at radius 2 is 1.82 bits per heavy atom. The van der Waals surface area contributed by atoms with Gasteiger partial charge in [-0.2, -0.15) is 0 Å². The Morgan fingerprint density at radius 1 is 1.06 bits per heavy atom. The van der Waals surface area contributed by atoms with Crippen LogP contribution >= 0.6 is 0 Å². The van der Waals surface area contributed by atoms with E-state index < -0.39 is 0 Å². The van der Waals surface area contributed by atoms with E-state index in [1.807, 2.05) is 7.11 Å². The fourth-order valence-corrected chi connectivity index (χ4v) is 3.77. The third-order valence-electron chi connectivity index (χ3n) is 4.84. The summed E-state index contributed by atoms with van der Waals surface area (Å²) in [6.45, 7) is 4.77. The average Bonchev–Trinajstić information content (AvgIpc) is 2.77. The van der Waals surface area contributed by atoms with E-state index >= 15 is 0 Å². The van der Waals surface area contributed by atoms with Crippen LogP contribution in [0, 0.1) is 11.8 Å². The van der Waals surface area contributed by atoms with Crippen LogP contribution in [0.2, 0.25) is 0 Å². The second-order valence-corrected chi connectivity index (χ2v) is 6.33. The molecule has 0 aromatic rings. The molecule has 0 saturated heterocycles. The highest BCUT2D eigenvalue weighted by Crippen LogP contribution is 2.32. The van der Waals surface area contributed by atoms with E-state index in [1.165, 1.54) is 44.9 Å². The van der Waals surface area contributed by atoms with Crippen LogP contribution < -0.4 is 5.32 Å². The van der Waals surface area contributed by atoms with Crippen molar-refractivity contribution < 1.29 is 4.74 Å². The number of nitrogens with one attached hydrogen (secondary N) is 1. The largest absolute Gasteiger partial charge is 0.381 e. The van der Waals surface area contributed by atoms with Crippen LogP contribution in [0.5, 0.6) is 0 Å². The molecule has 2 nitrogen and oxygen atoms in total. The maximum absolute atomic E-state index is 5.46. The molecule has 4 atom stereocenters. The first kappa shape index (κ1) is 13.4. The van der Waals surface area contributed by atoms with Gasteiger partial charge in [0, 0.05) is 19.2 Å². The number of hydrogen-bond acceptors (Lipinski definition) is 2. The van der Waals surface area contributed by atoms with Gasteiger partial charge >= 0.3 is 0 Å². The van der Waals surface area contributed by atoms with E-state index in [0.29, 0.717) is 12.1 Å². The highest BCUT2D eigenvalue weighted by atomic mass is 16.5. The first-order chi connectivity index (χ1) is 8.20. The van der Waals surface area contributed by atoms with Crippen LogP contribution in [0.4, 0.5) is 0 Å². The van der Waals surface area contributed by atoms with Crippen LogP contribution in [-0.2, 0) is 4.74 Å². The maximum Gasteiger partial charge on any atom is 0.0586 e. The van der Waals surface area contributed by atoms with Crippen molar-refractivity contribution in [2.75, 3.05) is 7.11 Å². The maximum atomic E-state index is 5.46. The summed E-state index contributed by atoms with van der Waals surface area (Å²) >= 11 is 0. The molecule has 2 saturated carbocycles. The third-order valence-corrected chi connectivity index (χ3v) is 4.84. The van der Waals surface area contributed by atoms with E-state index in [4.69, 9.17) is 4.74 Å². The molecule has 17 heavy (non-hydrogen) atoms. The van der Waals surface area contributed by atoms with Crippen LogP contribution in [0.1, 0.15) is 58.8 Å². The van der Waals surface area contributed by atoms with Crippen molar-refractivity contribution in [1.82, 2.24) is 5.32 Å². The molecular weight excluding hydrogens is 210 g/mol. The van der Waals surface area contributed by atoms with Crippen molar-refractivity contribution in [2.24, 2.45) is 11.8 Å². The lowest BCUT2D eigenvalue weighted by Crippen LogP contribution is -2.45. The number of rotatable bonds is 4. The van der Waals surface area contributed by atoms with Gasteiger partial charge in [-0.05, 0) is 43.9 Å². The number of hydrogen-bond donors (Lipinski definition) is 1. The summed E-state index contributed by atoms with van der Waals surface area (Å²) in [5.74, 6) is 1.72. The molecule has 2 fully saturated rings. The minimum absolute atomic E-state index is 0.508. The monoisotopic (exact) mass is 239 g/mol. The molecule has 0 aromatic heterocycles. The van der Waals surface area contributed by atoms with Gasteiger partial charge in [0.25, 0.3) is 0 Å². The summed E-state index contributed by atoms with van der Waals surface area (Å²) < 4.78 is 5.46. The Bertz CT molecular complexity index is 229. The Morgan fingerprint density at radius 3 is 2.47 bits per heavy atom. The van der Waals surface area contributed by atoms with E-state index in [-0.39, 0.29) is 0 Å². The van der Waals surface area contributed by atoms with Gasteiger partial charge in [0.2, 0.25) is 0 Å². The zero-order valence-corrected chi connectivity index (χ0v) is 11.7. The molecule has 0 heterocycles. The fourth-order valence-electron chi connectivity index (χ4n) is 3.77. The highest BCUT2D eigenvalue weighted by Gasteiger charge is 2.32. The summed E-state index contributed by atoms with van der Waals surface area (Å²) in [5.41, 5.74) is 0. The zero-order valence-electron chi connectivity index (χ0n) is 11.7. The van der Waals surface area contributed by atoms with Gasteiger partial charge < -0.3 is 10.1 Å². The van der Waals surface area contributed by atoms with Gasteiger partial charge in [-0.15, -0.1) is 0 Å². The first-order valence-corrected chi connectivity index (χ1v) is 7.49. The van der Waals surface area contributed by atoms with Crippen LogP contribution in [0.25, 0.3) is 0 Å². The summed E-state index contributed by atoms with van der Waals surface area (Å²) in [6, 6.07) is 1.48. The summed E-state index contributed by atoms with van der Waals surface area (Å²) in [6.07, 6.45) is 9.94. The summed E-state index contributed by atoms with van der Waals surface area (Å²) in [5, 5.41) is 3.93. The second kappa shape index (κ2) is 6.19. The van der Waals surface area contributed by atoms with Gasteiger partial charge in [-0.25, -0.2) is 0 Å². The average molecular weight is 239 g/mol. The first-order valence-electron chi connectivity index (χ1n) is 7.49. The van der Waals surface area contributed by atoms with Gasteiger partial charge in [-0.1, -0.05) is 26.7 Å². The Labute approximate surface area is 107 Å². The lowest BCUT2D eigenvalue weighted by molar-refractivity contribution is 0.104. The van der Waals surface area contributed by atoms with Gasteiger partial charge in [0.1, 0.15) is 0 Å². The summed E-state index contributed by atoms with van der Waals surface area (Å²) in [7, 11) is 1.85. The van der Waals surface area contributed by atoms with E-state index in [2.05, 4.69) is 19.2 Å². The van der Waals surface area contributed by atoms with Crippen LogP contribution in [0.15, 0.2) is 0 Å². The lowest BCUT2D eigenvalue weighted by Gasteiger charge is -2.37. The second-order valence-electron chi connectivity index (χ2n) is 6.33. The van der Waals surface area contributed by atoms with Gasteiger partial charge in [-0.3, -0.25) is 0 Å². The molecule has 2 aliphatic rings. The Hall–Kier alpha value is -0.0800. The normalized spacial score (nSPS) is 38.8. The quantitative estimate of drug-likeness (QED) is 0.812. The predicted molar refractivity (Wildman–Crippen MR) is 72.2 cm³/mol. The van der Waals surface area contributed by atoms with Crippen molar-refractivity contribution in [2.45, 2.75) is 77.0 Å². The molecule has 2 heteroatoms. The Balaban J connectivity index is 1.84. The molecule has 0 aromatic carbocycles. The van der Waals surface area contributed by atoms with Crippen molar-refractivity contribution in [3.8, 4) is 0 Å². The molecule has 0 aliphatic heterocycles. The number of methoxy groups -OCH3 is 1.